The normalized spacial score (nSPS) is 12.4. The van der Waals surface area contributed by atoms with E-state index < -0.39 is 53.0 Å². The van der Waals surface area contributed by atoms with Crippen LogP contribution >= 0.6 is 0 Å². The minimum atomic E-state index is -1.60. The highest BCUT2D eigenvalue weighted by Gasteiger charge is 2.18. The zero-order chi connectivity index (χ0) is 17.7. The first-order valence-electron chi connectivity index (χ1n) is 6.92. The topological polar surface area (TPSA) is 49.3 Å². The molecule has 3 nitrogen and oxygen atoms in total. The Hall–Kier alpha value is -2.67. The lowest BCUT2D eigenvalue weighted by atomic mass is 10.1. The van der Waals surface area contributed by atoms with E-state index >= 15 is 0 Å². The molecule has 24 heavy (non-hydrogen) atoms. The van der Waals surface area contributed by atoms with E-state index in [1.54, 1.807) is 0 Å². The summed E-state index contributed by atoms with van der Waals surface area (Å²) in [4.78, 5) is 11.6. The van der Waals surface area contributed by atoms with Gasteiger partial charge >= 0.3 is 0 Å². The second kappa shape index (κ2) is 7.74. The zero-order valence-electron chi connectivity index (χ0n) is 12.3. The Kier molecular flexibility index (Phi) is 5.70. The molecule has 0 spiro atoms. The smallest absolute Gasteiger partial charge is 0.244 e. The van der Waals surface area contributed by atoms with E-state index in [9.17, 15) is 27.5 Å². The first-order chi connectivity index (χ1) is 11.4. The number of benzene rings is 2. The van der Waals surface area contributed by atoms with Crippen LogP contribution in [0.25, 0.3) is 6.08 Å². The highest BCUT2D eigenvalue weighted by molar-refractivity contribution is 5.91. The van der Waals surface area contributed by atoms with E-state index in [1.807, 2.05) is 0 Å². The Morgan fingerprint density at radius 3 is 2.04 bits per heavy atom. The van der Waals surface area contributed by atoms with Crippen LogP contribution in [-0.2, 0) is 4.79 Å². The number of halogens is 4. The number of carbonyl (C=O) groups excluding carboxylic acids is 1. The summed E-state index contributed by atoms with van der Waals surface area (Å²) in [6, 6.07) is 6.35. The lowest BCUT2D eigenvalue weighted by Crippen LogP contribution is -2.27. The average molecular weight is 339 g/mol. The van der Waals surface area contributed by atoms with Gasteiger partial charge in [-0.15, -0.1) is 0 Å². The van der Waals surface area contributed by atoms with Gasteiger partial charge in [-0.1, -0.05) is 12.1 Å². The third-order valence-corrected chi connectivity index (χ3v) is 3.20. The third kappa shape index (κ3) is 4.20. The molecule has 0 bridgehead atoms. The largest absolute Gasteiger partial charge is 0.386 e. The van der Waals surface area contributed by atoms with Crippen LogP contribution in [0.15, 0.2) is 42.5 Å². The molecule has 1 atom stereocenters. The minimum Gasteiger partial charge on any atom is -0.386 e. The molecule has 0 saturated carbocycles. The van der Waals surface area contributed by atoms with E-state index in [4.69, 9.17) is 0 Å². The van der Waals surface area contributed by atoms with E-state index in [2.05, 4.69) is 5.32 Å². The van der Waals surface area contributed by atoms with Crippen molar-refractivity contribution in [1.29, 1.82) is 0 Å². The van der Waals surface area contributed by atoms with Crippen molar-refractivity contribution in [2.75, 3.05) is 6.54 Å². The summed E-state index contributed by atoms with van der Waals surface area (Å²) in [5.41, 5.74) is -0.963. The van der Waals surface area contributed by atoms with Gasteiger partial charge in [0.25, 0.3) is 0 Å². The van der Waals surface area contributed by atoms with Gasteiger partial charge in [-0.25, -0.2) is 17.6 Å². The monoisotopic (exact) mass is 339 g/mol. The predicted octanol–water partition coefficient (Wildman–Crippen LogP) is 3.11. The average Bonchev–Trinajstić information content (AvgIpc) is 2.52. The van der Waals surface area contributed by atoms with Gasteiger partial charge in [-0.2, -0.15) is 0 Å². The summed E-state index contributed by atoms with van der Waals surface area (Å²) in [6.45, 7) is -0.471. The van der Waals surface area contributed by atoms with Crippen LogP contribution in [0.3, 0.4) is 0 Å². The number of aliphatic hydroxyl groups excluding tert-OH is 1. The zero-order valence-corrected chi connectivity index (χ0v) is 12.3. The second-order valence-electron chi connectivity index (χ2n) is 4.86. The van der Waals surface area contributed by atoms with Gasteiger partial charge in [-0.05, 0) is 30.3 Å². The predicted molar refractivity (Wildman–Crippen MR) is 79.7 cm³/mol. The van der Waals surface area contributed by atoms with Crippen LogP contribution in [-0.4, -0.2) is 17.6 Å². The van der Waals surface area contributed by atoms with Crippen LogP contribution in [0, 0.1) is 23.3 Å². The summed E-state index contributed by atoms with van der Waals surface area (Å²) in [7, 11) is 0. The van der Waals surface area contributed by atoms with Crippen LogP contribution in [0.4, 0.5) is 17.6 Å². The molecule has 0 aliphatic rings. The summed E-state index contributed by atoms with van der Waals surface area (Å²) >= 11 is 0. The van der Waals surface area contributed by atoms with Gasteiger partial charge in [0.05, 0.1) is 5.56 Å². The summed E-state index contributed by atoms with van der Waals surface area (Å²) in [6.07, 6.45) is 0.177. The Balaban J connectivity index is 1.99. The quantitative estimate of drug-likeness (QED) is 0.650. The van der Waals surface area contributed by atoms with Crippen molar-refractivity contribution < 1.29 is 27.5 Å². The van der Waals surface area contributed by atoms with Crippen molar-refractivity contribution in [3.8, 4) is 0 Å². The molecule has 126 valence electrons. The Morgan fingerprint density at radius 2 is 1.50 bits per heavy atom. The molecule has 0 saturated heterocycles. The van der Waals surface area contributed by atoms with Gasteiger partial charge in [0, 0.05) is 18.2 Å². The van der Waals surface area contributed by atoms with E-state index in [0.717, 1.165) is 42.5 Å². The van der Waals surface area contributed by atoms with Crippen LogP contribution in [0.5, 0.6) is 0 Å². The Morgan fingerprint density at radius 1 is 1.00 bits per heavy atom. The van der Waals surface area contributed by atoms with E-state index in [0.29, 0.717) is 0 Å². The molecule has 7 heteroatoms. The number of amides is 1. The Bertz CT molecular complexity index is 737. The molecule has 0 aromatic heterocycles. The molecule has 0 aliphatic heterocycles. The third-order valence-electron chi connectivity index (χ3n) is 3.20. The fraction of sp³-hybridized carbons (Fsp3) is 0.118. The van der Waals surface area contributed by atoms with Crippen molar-refractivity contribution in [2.45, 2.75) is 6.10 Å². The molecule has 1 amide bonds. The SMILES string of the molecule is O=C(/C=C/c1c(F)cccc1F)NCC(O)c1c(F)cccc1F. The second-order valence-corrected chi connectivity index (χ2v) is 4.86. The van der Waals surface area contributed by atoms with Gasteiger partial charge in [0.2, 0.25) is 5.91 Å². The standard InChI is InChI=1S/C17H13F4NO2/c18-11-3-1-4-12(19)10(11)7-8-16(24)22-9-15(23)17-13(20)5-2-6-14(17)21/h1-8,15,23H,9H2,(H,22,24)/b8-7+. The summed E-state index contributed by atoms with van der Waals surface area (Å²) in [5, 5.41) is 12.0. The molecular formula is C17H13F4NO2. The molecule has 2 aromatic rings. The van der Waals surface area contributed by atoms with Crippen molar-refractivity contribution in [3.05, 3.63) is 76.9 Å². The number of carbonyl (C=O) groups is 1. The fourth-order valence-corrected chi connectivity index (χ4v) is 2.02. The maximum absolute atomic E-state index is 13.5. The summed E-state index contributed by atoms with van der Waals surface area (Å²) < 4.78 is 53.7. The van der Waals surface area contributed by atoms with Crippen molar-refractivity contribution in [2.24, 2.45) is 0 Å². The molecule has 0 radical (unpaired) electrons. The fourth-order valence-electron chi connectivity index (χ4n) is 2.02. The number of hydrogen-bond acceptors (Lipinski definition) is 2. The minimum absolute atomic E-state index is 0.395. The number of rotatable bonds is 5. The maximum Gasteiger partial charge on any atom is 0.244 e. The van der Waals surface area contributed by atoms with Crippen molar-refractivity contribution >= 4 is 12.0 Å². The van der Waals surface area contributed by atoms with Gasteiger partial charge in [0.15, 0.2) is 0 Å². The molecule has 1 unspecified atom stereocenters. The molecule has 2 aromatic carbocycles. The molecule has 0 fully saturated rings. The molecule has 0 heterocycles. The lowest BCUT2D eigenvalue weighted by molar-refractivity contribution is -0.116. The Labute approximate surface area is 135 Å². The van der Waals surface area contributed by atoms with Crippen LogP contribution in [0.2, 0.25) is 0 Å². The van der Waals surface area contributed by atoms with Crippen molar-refractivity contribution in [3.63, 3.8) is 0 Å². The van der Waals surface area contributed by atoms with Crippen LogP contribution in [0.1, 0.15) is 17.2 Å². The molecule has 0 aliphatic carbocycles. The van der Waals surface area contributed by atoms with Gasteiger partial charge < -0.3 is 10.4 Å². The van der Waals surface area contributed by atoms with E-state index in [1.165, 1.54) is 6.07 Å². The number of nitrogens with one attached hydrogen (secondary N) is 1. The lowest BCUT2D eigenvalue weighted by Gasteiger charge is -2.13. The maximum atomic E-state index is 13.5. The van der Waals surface area contributed by atoms with Gasteiger partial charge in [0.1, 0.15) is 29.4 Å². The van der Waals surface area contributed by atoms with Crippen LogP contribution < -0.4 is 5.32 Å². The molecular weight excluding hydrogens is 326 g/mol. The van der Waals surface area contributed by atoms with Crippen molar-refractivity contribution in [1.82, 2.24) is 5.32 Å². The first kappa shape index (κ1) is 17.7. The molecule has 2 rings (SSSR count). The first-order valence-corrected chi connectivity index (χ1v) is 6.92. The molecule has 2 N–H and O–H groups in total. The highest BCUT2D eigenvalue weighted by atomic mass is 19.1. The summed E-state index contributed by atoms with van der Waals surface area (Å²) in [5.74, 6) is -4.35. The number of aliphatic hydroxyl groups is 1. The number of hydrogen-bond donors (Lipinski definition) is 2. The van der Waals surface area contributed by atoms with Gasteiger partial charge in [-0.3, -0.25) is 4.79 Å². The highest BCUT2D eigenvalue weighted by Crippen LogP contribution is 2.20. The van der Waals surface area contributed by atoms with E-state index in [-0.39, 0.29) is 0 Å².